The summed E-state index contributed by atoms with van der Waals surface area (Å²) in [6, 6.07) is 33.9. The number of unbranched alkanes of at least 4 members (excludes halogenated alkanes) is 3. The number of nitrogens with zero attached hydrogens (tertiary/aromatic N) is 7. The Balaban J connectivity index is 0.546. The van der Waals surface area contributed by atoms with Gasteiger partial charge < -0.3 is 81.1 Å². The lowest BCUT2D eigenvalue weighted by Gasteiger charge is -2.31. The van der Waals surface area contributed by atoms with E-state index in [-0.39, 0.29) is 121 Å². The molecule has 6 aromatic carbocycles. The minimum absolute atomic E-state index is 0.0322. The van der Waals surface area contributed by atoms with Crippen LogP contribution in [0.4, 0.5) is 27.5 Å². The number of aliphatic hydroxyl groups excluding tert-OH is 1. The second kappa shape index (κ2) is 34.5. The van der Waals surface area contributed by atoms with E-state index in [4.69, 9.17) is 34.8 Å². The van der Waals surface area contributed by atoms with Crippen molar-refractivity contribution in [3.63, 3.8) is 0 Å². The van der Waals surface area contributed by atoms with E-state index in [9.17, 15) is 43.5 Å². The third-order valence-electron chi connectivity index (χ3n) is 21.5. The summed E-state index contributed by atoms with van der Waals surface area (Å²) in [5.74, 6) is -1.13. The van der Waals surface area contributed by atoms with E-state index in [2.05, 4.69) is 42.2 Å². The molecular weight excluding hydrogens is 1430 g/mol. The monoisotopic (exact) mass is 1530 g/mol. The number of guanidine groups is 1. The van der Waals surface area contributed by atoms with Crippen LogP contribution in [0.5, 0.6) is 23.0 Å². The highest BCUT2D eigenvalue weighted by Gasteiger charge is 2.58. The van der Waals surface area contributed by atoms with Crippen LogP contribution in [0, 0.1) is 10.8 Å². The molecule has 0 radical (unpaired) electrons. The lowest BCUT2D eigenvalue weighted by atomic mass is 9.95. The summed E-state index contributed by atoms with van der Waals surface area (Å²) >= 11 is 0. The van der Waals surface area contributed by atoms with Crippen molar-refractivity contribution in [2.24, 2.45) is 11.1 Å². The average molecular weight is 1530 g/mol. The number of fused-ring (bicyclic) bond motifs is 9. The highest BCUT2D eigenvalue weighted by molar-refractivity contribution is 6.07. The van der Waals surface area contributed by atoms with Gasteiger partial charge in [0.2, 0.25) is 29.5 Å². The lowest BCUT2D eigenvalue weighted by Crippen LogP contribution is -2.51. The number of hydrogen-bond donors (Lipinski definition) is 9. The van der Waals surface area contributed by atoms with Crippen molar-refractivity contribution in [1.29, 1.82) is 5.41 Å². The van der Waals surface area contributed by atoms with Crippen molar-refractivity contribution < 1.29 is 67.1 Å². The number of ether oxygens (including phenoxy) is 5. The van der Waals surface area contributed by atoms with Gasteiger partial charge >= 0.3 is 6.09 Å². The number of anilines is 4. The number of amides is 8. The van der Waals surface area contributed by atoms with Crippen molar-refractivity contribution in [3.05, 3.63) is 161 Å². The van der Waals surface area contributed by atoms with Crippen LogP contribution in [0.15, 0.2) is 128 Å². The van der Waals surface area contributed by atoms with Gasteiger partial charge in [-0.15, -0.1) is 5.10 Å². The first-order chi connectivity index (χ1) is 54.1. The second-order valence-electron chi connectivity index (χ2n) is 29.7. The summed E-state index contributed by atoms with van der Waals surface area (Å²) in [5.41, 5.74) is 15.5. The summed E-state index contributed by atoms with van der Waals surface area (Å²) in [6.07, 6.45) is 5.58. The second-order valence-corrected chi connectivity index (χ2v) is 29.7. The maximum Gasteiger partial charge on any atom is 0.416 e. The molecule has 13 rings (SSSR count). The molecule has 112 heavy (non-hydrogen) atoms. The molecule has 29 heteroatoms. The molecule has 1 unspecified atom stereocenters. The van der Waals surface area contributed by atoms with E-state index >= 15 is 0 Å². The summed E-state index contributed by atoms with van der Waals surface area (Å²) in [6.45, 7) is 9.66. The van der Waals surface area contributed by atoms with Gasteiger partial charge in [-0.25, -0.2) is 14.4 Å². The van der Waals surface area contributed by atoms with Gasteiger partial charge in [-0.3, -0.25) is 39.0 Å². The van der Waals surface area contributed by atoms with Crippen LogP contribution in [0.2, 0.25) is 0 Å². The Hall–Kier alpha value is -12.0. The van der Waals surface area contributed by atoms with Gasteiger partial charge in [0.05, 0.1) is 79.9 Å². The molecule has 1 aliphatic carbocycles. The van der Waals surface area contributed by atoms with Crippen molar-refractivity contribution in [1.82, 2.24) is 46.1 Å². The molecule has 1 saturated heterocycles. The molecule has 6 aliphatic rings. The van der Waals surface area contributed by atoms with Gasteiger partial charge in [0.25, 0.3) is 11.8 Å². The largest absolute Gasteiger partial charge is 0.493 e. The zero-order valence-corrected chi connectivity index (χ0v) is 63.9. The zero-order valence-electron chi connectivity index (χ0n) is 63.9. The molecule has 5 aliphatic heterocycles. The zero-order chi connectivity index (χ0) is 78.9. The maximum absolute atomic E-state index is 14.5. The van der Waals surface area contributed by atoms with E-state index in [1.54, 1.807) is 64.1 Å². The number of rotatable bonds is 30. The molecule has 7 aromatic rings. The van der Waals surface area contributed by atoms with Gasteiger partial charge in [-0.05, 0) is 149 Å². The molecule has 8 amide bonds. The molecule has 0 bridgehead atoms. The Morgan fingerprint density at radius 1 is 0.723 bits per heavy atom. The Labute approximate surface area is 649 Å². The molecule has 1 saturated carbocycles. The highest BCUT2D eigenvalue weighted by atomic mass is 16.6. The molecule has 2 fully saturated rings. The number of para-hydroxylation sites is 1. The highest BCUT2D eigenvalue weighted by Crippen LogP contribution is 2.57. The summed E-state index contributed by atoms with van der Waals surface area (Å²) in [5, 5.41) is 46.1. The van der Waals surface area contributed by atoms with Crippen molar-refractivity contribution >= 4 is 81.7 Å². The summed E-state index contributed by atoms with van der Waals surface area (Å²) < 4.78 is 31.9. The van der Waals surface area contributed by atoms with Gasteiger partial charge in [0.15, 0.2) is 35.2 Å². The quantitative estimate of drug-likeness (QED) is 0.0115. The molecule has 1 spiro atoms. The van der Waals surface area contributed by atoms with Crippen molar-refractivity contribution in [3.8, 4) is 45.5 Å². The molecule has 10 N–H and O–H groups in total. The molecule has 6 heterocycles. The number of hydrogen-bond acceptors (Lipinski definition) is 18. The van der Waals surface area contributed by atoms with Crippen molar-refractivity contribution in [2.45, 2.75) is 167 Å². The van der Waals surface area contributed by atoms with Gasteiger partial charge in [0.1, 0.15) is 24.4 Å². The topological polar surface area (TPSA) is 369 Å². The minimum atomic E-state index is -1.47. The Kier molecular flexibility index (Phi) is 24.1. The molecule has 588 valence electrons. The van der Waals surface area contributed by atoms with E-state index < -0.39 is 42.3 Å². The predicted molar refractivity (Wildman–Crippen MR) is 420 cm³/mol. The summed E-state index contributed by atoms with van der Waals surface area (Å²) in [4.78, 5) is 116. The third kappa shape index (κ3) is 17.4. The molecule has 29 nitrogen and oxygen atoms in total. The Morgan fingerprint density at radius 2 is 1.42 bits per heavy atom. The summed E-state index contributed by atoms with van der Waals surface area (Å²) in [7, 11) is 3.00. The fourth-order valence-corrected chi connectivity index (χ4v) is 15.2. The number of carbonyl (C=O) groups is 8. The Morgan fingerprint density at radius 3 is 2.12 bits per heavy atom. The van der Waals surface area contributed by atoms with Gasteiger partial charge in [-0.2, -0.15) is 0 Å². The number of benzene rings is 6. The number of nitrogens with one attached hydrogen (secondary N) is 7. The first-order valence-electron chi connectivity index (χ1n) is 38.4. The predicted octanol–water partition coefficient (Wildman–Crippen LogP) is 9.92. The first-order valence-corrected chi connectivity index (χ1v) is 38.4. The Bertz CT molecular complexity index is 4750. The van der Waals surface area contributed by atoms with E-state index in [1.807, 2.05) is 97.5 Å². The molecule has 5 atom stereocenters. The SMILES string of the molecule is CC[C@H](NC(=O)CCCCNC(=O)CCC(=O)N1Cc2ccccc2-c2c(nnn2C(C)C)-c2ccccc21)C(=O)N[C@@H](C)C(=O)Nc1ccc(COC(=O)N2c3cc(OCCCCCOc4cc5c(cc4OC)C(=O)N4C=C(c6ccc(CNC(=N)N)cc6)C[C@H]4CN5)c(OC)cc3C(=O)N3CC4(CC4)C[C@H]3C2O)cc1. The van der Waals surface area contributed by atoms with E-state index in [0.717, 1.165) is 56.8 Å². The number of methoxy groups -OCH3 is 2. The van der Waals surface area contributed by atoms with Crippen LogP contribution in [-0.2, 0) is 48.4 Å². The smallest absolute Gasteiger partial charge is 0.416 e. The number of aliphatic hydroxyl groups is 1. The van der Waals surface area contributed by atoms with Gasteiger partial charge in [0, 0.05) is 86.6 Å². The van der Waals surface area contributed by atoms with Crippen LogP contribution in [-0.4, -0.2) is 161 Å². The van der Waals surface area contributed by atoms with Crippen LogP contribution < -0.4 is 66.4 Å². The van der Waals surface area contributed by atoms with Gasteiger partial charge in [-0.1, -0.05) is 91.0 Å². The standard InChI is InChI=1S/C83H97N15O14/c1-7-62(91-72(100)21-13-14-34-86-71(99)30-31-73(101)95-45-54-17-9-10-18-58(54)75-74(92-93-98(75)49(2)3)59-19-11-12-20-64(59)95)77(103)89-50(4)76(102)90-56-28-24-52(25-29-56)47-112-82(107)97-65-41-70(68(109-6)39-61(65)79(105)96-48-83(32-33-83)42-66(96)80(97)106)111-36-16-8-15-35-110-69-40-63-60(38-67(69)108-5)78(104)94-46-55(37-57(94)44-87-63)53-26-22-51(23-27-53)43-88-81(84)85/h9-12,17-20,22-29,38-41,46,49-50,57,62,66,80,87,106H,7-8,13-16,21,30-37,42-45,47-48H2,1-6H3,(H,86,99)(H,89,103)(H,90,102)(H,91,100)(H4,84,85,88)/t50-,57-,62-,66-,80?/m0/s1. The molecule has 1 aromatic heterocycles. The fraction of sp³-hybridized carbons (Fsp3) is 0.410. The van der Waals surface area contributed by atoms with E-state index in [0.29, 0.717) is 123 Å². The van der Waals surface area contributed by atoms with Crippen LogP contribution in [0.25, 0.3) is 28.1 Å². The first kappa shape index (κ1) is 78.1. The number of aromatic nitrogens is 3. The van der Waals surface area contributed by atoms with Crippen molar-refractivity contribution in [2.75, 3.05) is 67.5 Å². The average Bonchev–Trinajstić information content (AvgIpc) is 1.56. The normalized spacial score (nSPS) is 17.3. The van der Waals surface area contributed by atoms with Crippen LogP contribution in [0.1, 0.15) is 160 Å². The van der Waals surface area contributed by atoms with Crippen LogP contribution in [0.3, 0.4) is 0 Å². The maximum atomic E-state index is 14.5. The lowest BCUT2D eigenvalue weighted by molar-refractivity contribution is -0.130. The fourth-order valence-electron chi connectivity index (χ4n) is 15.2. The number of carbonyl (C=O) groups excluding carboxylic acids is 8. The minimum Gasteiger partial charge on any atom is -0.493 e. The van der Waals surface area contributed by atoms with Crippen LogP contribution >= 0.6 is 0 Å². The van der Waals surface area contributed by atoms with E-state index in [1.165, 1.54) is 27.2 Å². The third-order valence-corrected chi connectivity index (χ3v) is 21.5. The number of nitrogens with two attached hydrogens (primary N) is 1. The molecular formula is C83H97N15O14.